The quantitative estimate of drug-likeness (QED) is 0.442. The van der Waals surface area contributed by atoms with Gasteiger partial charge in [0.2, 0.25) is 0 Å². The molecule has 3 aromatic carbocycles. The third-order valence-corrected chi connectivity index (χ3v) is 5.50. The molecular weight excluding hydrogens is 342 g/mol. The Morgan fingerprint density at radius 1 is 0.923 bits per heavy atom. The van der Waals surface area contributed by atoms with Crippen LogP contribution >= 0.6 is 11.3 Å². The summed E-state index contributed by atoms with van der Waals surface area (Å²) in [5.41, 5.74) is 4.78. The summed E-state index contributed by atoms with van der Waals surface area (Å²) >= 11 is 1.28. The van der Waals surface area contributed by atoms with Crippen molar-refractivity contribution in [2.24, 2.45) is 0 Å². The summed E-state index contributed by atoms with van der Waals surface area (Å²) in [6.07, 6.45) is 5.22. The Morgan fingerprint density at radius 2 is 1.73 bits per heavy atom. The Kier molecular flexibility index (Phi) is 4.67. The van der Waals surface area contributed by atoms with E-state index in [1.54, 1.807) is 11.1 Å². The first-order valence-electron chi connectivity index (χ1n) is 8.78. The number of fused-ring (bicyclic) bond motifs is 5. The number of aromatic carboxylic acids is 1. The molecule has 0 unspecified atom stereocenters. The van der Waals surface area contributed by atoms with Crippen molar-refractivity contribution >= 4 is 38.9 Å². The van der Waals surface area contributed by atoms with Gasteiger partial charge in [-0.3, -0.25) is 0 Å². The van der Waals surface area contributed by atoms with Crippen molar-refractivity contribution in [3.05, 3.63) is 76.2 Å². The predicted molar refractivity (Wildman–Crippen MR) is 107 cm³/mol. The number of hydrogen-bond donors (Lipinski definition) is 1. The maximum Gasteiger partial charge on any atom is 0.355 e. The molecule has 4 heteroatoms. The van der Waals surface area contributed by atoms with E-state index in [2.05, 4.69) is 53.5 Å². The van der Waals surface area contributed by atoms with Gasteiger partial charge in [0.25, 0.3) is 0 Å². The number of carboxylic acid groups (broad SMARTS) is 1. The first-order valence-corrected chi connectivity index (χ1v) is 9.72. The maximum absolute atomic E-state index is 10.0. The summed E-state index contributed by atoms with van der Waals surface area (Å²) in [6.45, 7) is 0. The largest absolute Gasteiger partial charge is 0.476 e. The summed E-state index contributed by atoms with van der Waals surface area (Å²) in [6, 6.07) is 18.0. The van der Waals surface area contributed by atoms with E-state index >= 15 is 0 Å². The summed E-state index contributed by atoms with van der Waals surface area (Å²) in [5.74, 6) is -0.966. The fraction of sp³-hybridized carbons (Fsp3) is 0.182. The molecule has 1 aromatic heterocycles. The Balaban J connectivity index is 0.000000178. The number of hydrogen-bond acceptors (Lipinski definition) is 3. The molecule has 3 nitrogen and oxygen atoms in total. The standard InChI is InChI=1S/C18H16.C4H3NO2S/c1-3-7-15-13(5-1)9-11-18-16-8-4-2-6-14(16)10-12-17(15)18;6-4(7)3-1-8-2-5-3/h1,3,5,7,9-12H,2,4,6,8H2;1-2H,(H,6,7). The van der Waals surface area contributed by atoms with E-state index in [0.29, 0.717) is 0 Å². The normalized spacial score (nSPS) is 13.1. The molecule has 0 fully saturated rings. The number of carboxylic acids is 1. The van der Waals surface area contributed by atoms with E-state index < -0.39 is 5.97 Å². The number of aromatic nitrogens is 1. The molecule has 0 saturated heterocycles. The Labute approximate surface area is 155 Å². The van der Waals surface area contributed by atoms with Gasteiger partial charge in [0, 0.05) is 5.38 Å². The molecule has 0 bridgehead atoms. The second kappa shape index (κ2) is 7.26. The minimum absolute atomic E-state index is 0.120. The summed E-state index contributed by atoms with van der Waals surface area (Å²) in [5, 5.41) is 15.3. The highest BCUT2D eigenvalue weighted by Crippen LogP contribution is 2.33. The van der Waals surface area contributed by atoms with E-state index in [9.17, 15) is 4.79 Å². The SMILES string of the molecule is O=C(O)c1cscn1.c1ccc2c(c1)ccc1c3c(ccc12)CCCC3. The van der Waals surface area contributed by atoms with Crippen molar-refractivity contribution in [3.8, 4) is 0 Å². The van der Waals surface area contributed by atoms with Gasteiger partial charge in [-0.1, -0.05) is 48.5 Å². The fourth-order valence-corrected chi connectivity index (χ4v) is 4.19. The number of benzene rings is 3. The number of rotatable bonds is 1. The van der Waals surface area contributed by atoms with Crippen LogP contribution in [0.4, 0.5) is 0 Å². The van der Waals surface area contributed by atoms with Gasteiger partial charge < -0.3 is 5.11 Å². The molecule has 130 valence electrons. The zero-order valence-electron chi connectivity index (χ0n) is 14.3. The lowest BCUT2D eigenvalue weighted by Crippen LogP contribution is -2.02. The fourth-order valence-electron chi connectivity index (χ4n) is 3.66. The van der Waals surface area contributed by atoms with Gasteiger partial charge in [-0.2, -0.15) is 0 Å². The predicted octanol–water partition coefficient (Wildman–Crippen LogP) is 5.71. The minimum atomic E-state index is -0.966. The summed E-state index contributed by atoms with van der Waals surface area (Å²) < 4.78 is 0. The van der Waals surface area contributed by atoms with Gasteiger partial charge in [-0.15, -0.1) is 11.3 Å². The van der Waals surface area contributed by atoms with Crippen molar-refractivity contribution in [1.82, 2.24) is 4.98 Å². The van der Waals surface area contributed by atoms with Crippen LogP contribution in [0, 0.1) is 0 Å². The lowest BCUT2D eigenvalue weighted by molar-refractivity contribution is 0.0691. The van der Waals surface area contributed by atoms with Crippen LogP contribution in [0.3, 0.4) is 0 Å². The van der Waals surface area contributed by atoms with Crippen LogP contribution in [0.1, 0.15) is 34.5 Å². The van der Waals surface area contributed by atoms with Crippen LogP contribution in [0.2, 0.25) is 0 Å². The second-order valence-corrected chi connectivity index (χ2v) is 7.19. The molecule has 0 saturated carbocycles. The number of carbonyl (C=O) groups is 1. The molecule has 0 spiro atoms. The van der Waals surface area contributed by atoms with Crippen LogP contribution in [-0.4, -0.2) is 16.1 Å². The first kappa shape index (κ1) is 16.7. The third-order valence-electron chi connectivity index (χ3n) is 4.91. The van der Waals surface area contributed by atoms with Crippen molar-refractivity contribution < 1.29 is 9.90 Å². The molecule has 0 amide bonds. The van der Waals surface area contributed by atoms with Crippen LogP contribution in [0.15, 0.2) is 59.4 Å². The van der Waals surface area contributed by atoms with Gasteiger partial charge in [0.15, 0.2) is 5.69 Å². The van der Waals surface area contributed by atoms with Crippen LogP contribution in [-0.2, 0) is 12.8 Å². The van der Waals surface area contributed by atoms with Crippen LogP contribution < -0.4 is 0 Å². The molecule has 1 aliphatic rings. The molecule has 1 aliphatic carbocycles. The van der Waals surface area contributed by atoms with Gasteiger partial charge in [0.1, 0.15) is 0 Å². The number of thiazole rings is 1. The second-order valence-electron chi connectivity index (χ2n) is 6.47. The molecule has 0 radical (unpaired) electrons. The topological polar surface area (TPSA) is 50.2 Å². The maximum atomic E-state index is 10.0. The average molecular weight is 361 g/mol. The van der Waals surface area contributed by atoms with E-state index in [4.69, 9.17) is 5.11 Å². The highest BCUT2D eigenvalue weighted by atomic mass is 32.1. The zero-order valence-corrected chi connectivity index (χ0v) is 15.1. The van der Waals surface area contributed by atoms with Crippen molar-refractivity contribution in [1.29, 1.82) is 0 Å². The molecule has 1 heterocycles. The van der Waals surface area contributed by atoms with E-state index in [0.717, 1.165) is 0 Å². The smallest absolute Gasteiger partial charge is 0.355 e. The average Bonchev–Trinajstić information content (AvgIpc) is 3.23. The van der Waals surface area contributed by atoms with E-state index in [-0.39, 0.29) is 5.69 Å². The molecule has 0 atom stereocenters. The van der Waals surface area contributed by atoms with Crippen molar-refractivity contribution in [3.63, 3.8) is 0 Å². The van der Waals surface area contributed by atoms with Gasteiger partial charge in [-0.05, 0) is 58.4 Å². The lowest BCUT2D eigenvalue weighted by Gasteiger charge is -2.18. The number of aryl methyl sites for hydroxylation is 2. The summed E-state index contributed by atoms with van der Waals surface area (Å²) in [4.78, 5) is 13.5. The first-order chi connectivity index (χ1) is 12.7. The van der Waals surface area contributed by atoms with E-state index in [1.165, 1.54) is 69.5 Å². The molecule has 1 N–H and O–H groups in total. The molecular formula is C22H19NO2S. The van der Waals surface area contributed by atoms with Gasteiger partial charge in [-0.25, -0.2) is 9.78 Å². The summed E-state index contributed by atoms with van der Waals surface area (Å²) in [7, 11) is 0. The molecule has 5 rings (SSSR count). The minimum Gasteiger partial charge on any atom is -0.476 e. The van der Waals surface area contributed by atoms with Gasteiger partial charge >= 0.3 is 5.97 Å². The highest BCUT2D eigenvalue weighted by molar-refractivity contribution is 7.07. The lowest BCUT2D eigenvalue weighted by atomic mass is 9.86. The van der Waals surface area contributed by atoms with Crippen LogP contribution in [0.25, 0.3) is 21.5 Å². The Morgan fingerprint density at radius 3 is 2.50 bits per heavy atom. The molecule has 4 aromatic rings. The molecule has 26 heavy (non-hydrogen) atoms. The molecule has 0 aliphatic heterocycles. The monoisotopic (exact) mass is 361 g/mol. The third kappa shape index (κ3) is 3.20. The Hall–Kier alpha value is -2.72. The Bertz CT molecular complexity index is 1070. The van der Waals surface area contributed by atoms with E-state index in [1.807, 2.05) is 0 Å². The van der Waals surface area contributed by atoms with Crippen molar-refractivity contribution in [2.45, 2.75) is 25.7 Å². The van der Waals surface area contributed by atoms with Gasteiger partial charge in [0.05, 0.1) is 5.51 Å². The van der Waals surface area contributed by atoms with Crippen LogP contribution in [0.5, 0.6) is 0 Å². The zero-order chi connectivity index (χ0) is 17.9. The van der Waals surface area contributed by atoms with Crippen molar-refractivity contribution in [2.75, 3.05) is 0 Å². The highest BCUT2D eigenvalue weighted by Gasteiger charge is 2.13. The number of nitrogens with zero attached hydrogens (tertiary/aromatic N) is 1.